The fraction of sp³-hybridized carbons (Fsp3) is 0.458. The molecule has 0 saturated heterocycles. The highest BCUT2D eigenvalue weighted by Gasteiger charge is 2.41. The van der Waals surface area contributed by atoms with Gasteiger partial charge in [0.05, 0.1) is 62.0 Å². The van der Waals surface area contributed by atoms with Crippen LogP contribution in [0.5, 0.6) is 11.5 Å². The minimum atomic E-state index is -0.797. The maximum atomic E-state index is 13.6. The summed E-state index contributed by atoms with van der Waals surface area (Å²) in [5.41, 5.74) is 1.16. The summed E-state index contributed by atoms with van der Waals surface area (Å²) in [7, 11) is 3.06. The van der Waals surface area contributed by atoms with Crippen molar-refractivity contribution < 1.29 is 29.1 Å². The highest BCUT2D eigenvalue weighted by molar-refractivity contribution is 7.14. The molecule has 1 amide bonds. The topological polar surface area (TPSA) is 96.2 Å². The van der Waals surface area contributed by atoms with Crippen molar-refractivity contribution in [1.82, 2.24) is 9.88 Å². The molecule has 1 unspecified atom stereocenters. The van der Waals surface area contributed by atoms with Crippen LogP contribution in [0.25, 0.3) is 0 Å². The summed E-state index contributed by atoms with van der Waals surface area (Å²) >= 11 is 1.24. The predicted octanol–water partition coefficient (Wildman–Crippen LogP) is 1.08. The number of methoxy groups -OCH3 is 2. The van der Waals surface area contributed by atoms with E-state index in [1.54, 1.807) is 25.1 Å². The number of quaternary nitrogens is 1. The highest BCUT2D eigenvalue weighted by atomic mass is 32.1. The van der Waals surface area contributed by atoms with E-state index in [1.807, 2.05) is 6.92 Å². The standard InChI is InChI=1S/C24H31N3O5S/c1-7-26(8-2)11-12-27-20(16-9-10-17(31-5)18(13-16)32-6)19(22(29)24(27)30)21(28)23-14(3)25-15(4)33-23/h9-10,13,20,29H,7-8,11-12H2,1-6H3. The fourth-order valence-electron chi connectivity index (χ4n) is 4.22. The maximum absolute atomic E-state index is 13.6. The monoisotopic (exact) mass is 473 g/mol. The quantitative estimate of drug-likeness (QED) is 0.519. The van der Waals surface area contributed by atoms with Crippen molar-refractivity contribution in [2.75, 3.05) is 40.4 Å². The summed E-state index contributed by atoms with van der Waals surface area (Å²) in [5, 5.41) is 13.9. The van der Waals surface area contributed by atoms with Gasteiger partial charge in [0.25, 0.3) is 0 Å². The van der Waals surface area contributed by atoms with Crippen LogP contribution in [0.15, 0.2) is 29.5 Å². The largest absolute Gasteiger partial charge is 0.868 e. The lowest BCUT2D eigenvalue weighted by Gasteiger charge is -2.29. The molecule has 0 bridgehead atoms. The number of hydrogen-bond donors (Lipinski definition) is 1. The van der Waals surface area contributed by atoms with Crippen LogP contribution in [-0.2, 0) is 4.79 Å². The van der Waals surface area contributed by atoms with Gasteiger partial charge in [-0.15, -0.1) is 11.3 Å². The van der Waals surface area contributed by atoms with E-state index < -0.39 is 23.5 Å². The third kappa shape index (κ3) is 4.74. The molecule has 2 heterocycles. The molecule has 1 aromatic heterocycles. The number of aromatic nitrogens is 1. The van der Waals surface area contributed by atoms with E-state index in [0.717, 1.165) is 18.1 Å². The SMILES string of the molecule is CC[NH+](CC)CCN1C(=O)C([O-])=C(C(=O)c2sc(C)nc2C)C1c1ccc(OC)c(OC)c1. The lowest BCUT2D eigenvalue weighted by molar-refractivity contribution is -0.895. The van der Waals surface area contributed by atoms with E-state index in [4.69, 9.17) is 9.47 Å². The molecule has 2 aromatic rings. The zero-order chi connectivity index (χ0) is 24.3. The predicted molar refractivity (Wildman–Crippen MR) is 124 cm³/mol. The number of rotatable bonds is 10. The Hall–Kier alpha value is -2.91. The number of aryl methyl sites for hydroxylation is 2. The zero-order valence-electron chi connectivity index (χ0n) is 20.0. The molecule has 0 fully saturated rings. The third-order valence-electron chi connectivity index (χ3n) is 6.07. The highest BCUT2D eigenvalue weighted by Crippen LogP contribution is 2.41. The normalized spacial score (nSPS) is 16.2. The van der Waals surface area contributed by atoms with E-state index in [-0.39, 0.29) is 5.57 Å². The van der Waals surface area contributed by atoms with Crippen LogP contribution in [0.1, 0.15) is 45.8 Å². The van der Waals surface area contributed by atoms with Crippen molar-refractivity contribution in [3.05, 3.63) is 50.7 Å². The van der Waals surface area contributed by atoms with Gasteiger partial charge in [-0.25, -0.2) is 4.98 Å². The summed E-state index contributed by atoms with van der Waals surface area (Å²) in [6.45, 7) is 10.6. The summed E-state index contributed by atoms with van der Waals surface area (Å²) in [6, 6.07) is 4.42. The number of amides is 1. The molecule has 9 heteroatoms. The summed E-state index contributed by atoms with van der Waals surface area (Å²) in [4.78, 5) is 34.2. The van der Waals surface area contributed by atoms with Crippen LogP contribution in [-0.4, -0.2) is 62.0 Å². The van der Waals surface area contributed by atoms with E-state index in [0.29, 0.717) is 40.7 Å². The number of nitrogens with one attached hydrogen (secondary N) is 1. The first-order valence-electron chi connectivity index (χ1n) is 11.0. The van der Waals surface area contributed by atoms with E-state index in [2.05, 4.69) is 18.8 Å². The smallest absolute Gasteiger partial charge is 0.240 e. The summed E-state index contributed by atoms with van der Waals surface area (Å²) < 4.78 is 10.8. The second-order valence-electron chi connectivity index (χ2n) is 7.94. The number of ether oxygens (including phenoxy) is 2. The Morgan fingerprint density at radius 2 is 1.85 bits per heavy atom. The number of hydrogen-bond acceptors (Lipinski definition) is 7. The first-order chi connectivity index (χ1) is 15.8. The van der Waals surface area contributed by atoms with Gasteiger partial charge in [0, 0.05) is 5.57 Å². The molecular weight excluding hydrogens is 442 g/mol. The number of ketones is 1. The molecule has 1 atom stereocenters. The Balaban J connectivity index is 2.10. The van der Waals surface area contributed by atoms with Gasteiger partial charge in [0.15, 0.2) is 11.5 Å². The number of carbonyl (C=O) groups excluding carboxylic acids is 2. The van der Waals surface area contributed by atoms with Gasteiger partial charge in [-0.05, 0) is 51.2 Å². The van der Waals surface area contributed by atoms with Crippen LogP contribution in [0.3, 0.4) is 0 Å². The van der Waals surface area contributed by atoms with Crippen molar-refractivity contribution in [3.8, 4) is 11.5 Å². The Morgan fingerprint density at radius 1 is 1.18 bits per heavy atom. The average molecular weight is 474 g/mol. The van der Waals surface area contributed by atoms with Gasteiger partial charge in [0.2, 0.25) is 11.7 Å². The number of Topliss-reactive ketones (excluding diaryl/α,β-unsaturated/α-hetero) is 1. The lowest BCUT2D eigenvalue weighted by Crippen LogP contribution is -3.12. The Bertz CT molecular complexity index is 1070. The third-order valence-corrected chi connectivity index (χ3v) is 7.14. The van der Waals surface area contributed by atoms with Gasteiger partial charge in [-0.3, -0.25) is 9.59 Å². The molecule has 3 rings (SSSR count). The number of benzene rings is 1. The molecule has 1 N–H and O–H groups in total. The minimum Gasteiger partial charge on any atom is -0.868 e. The number of likely N-dealkylation sites (N-methyl/N-ethyl adjacent to an activating group) is 1. The molecule has 0 aliphatic carbocycles. The Labute approximate surface area is 198 Å². The molecule has 0 saturated carbocycles. The van der Waals surface area contributed by atoms with E-state index >= 15 is 0 Å². The van der Waals surface area contributed by atoms with Gasteiger partial charge >= 0.3 is 0 Å². The summed E-state index contributed by atoms with van der Waals surface area (Å²) in [6.07, 6.45) is 0. The second-order valence-corrected chi connectivity index (χ2v) is 9.15. The molecule has 1 aromatic carbocycles. The first-order valence-corrected chi connectivity index (χ1v) is 11.8. The van der Waals surface area contributed by atoms with Crippen molar-refractivity contribution >= 4 is 23.0 Å². The number of carbonyl (C=O) groups is 2. The van der Waals surface area contributed by atoms with Crippen LogP contribution in [0, 0.1) is 13.8 Å². The number of nitrogens with zero attached hydrogens (tertiary/aromatic N) is 2. The molecule has 8 nitrogen and oxygen atoms in total. The van der Waals surface area contributed by atoms with Crippen LogP contribution in [0.2, 0.25) is 0 Å². The van der Waals surface area contributed by atoms with Crippen molar-refractivity contribution in [2.24, 2.45) is 0 Å². The summed E-state index contributed by atoms with van der Waals surface area (Å²) in [5.74, 6) is -0.845. The molecule has 0 radical (unpaired) electrons. The lowest BCUT2D eigenvalue weighted by atomic mass is 9.94. The fourth-order valence-corrected chi connectivity index (χ4v) is 5.09. The van der Waals surface area contributed by atoms with Crippen molar-refractivity contribution in [3.63, 3.8) is 0 Å². The molecular formula is C24H31N3O5S. The van der Waals surface area contributed by atoms with Crippen LogP contribution < -0.4 is 19.5 Å². The van der Waals surface area contributed by atoms with Gasteiger partial charge in [-0.1, -0.05) is 6.07 Å². The molecule has 0 spiro atoms. The van der Waals surface area contributed by atoms with Gasteiger partial charge in [0.1, 0.15) is 0 Å². The van der Waals surface area contributed by atoms with E-state index in [1.165, 1.54) is 35.4 Å². The van der Waals surface area contributed by atoms with E-state index in [9.17, 15) is 14.7 Å². The van der Waals surface area contributed by atoms with Crippen LogP contribution in [0.4, 0.5) is 0 Å². The van der Waals surface area contributed by atoms with Crippen molar-refractivity contribution in [1.29, 1.82) is 0 Å². The molecule has 178 valence electrons. The first kappa shape index (κ1) is 24.7. The van der Waals surface area contributed by atoms with Crippen molar-refractivity contribution in [2.45, 2.75) is 33.7 Å². The second kappa shape index (κ2) is 10.4. The van der Waals surface area contributed by atoms with Gasteiger partial charge < -0.3 is 24.4 Å². The number of thiazole rings is 1. The Morgan fingerprint density at radius 3 is 2.39 bits per heavy atom. The minimum absolute atomic E-state index is 0.0338. The van der Waals surface area contributed by atoms with Gasteiger partial charge in [-0.2, -0.15) is 0 Å². The molecule has 1 aliphatic heterocycles. The molecule has 33 heavy (non-hydrogen) atoms. The van der Waals surface area contributed by atoms with Crippen LogP contribution >= 0.6 is 11.3 Å². The zero-order valence-corrected chi connectivity index (χ0v) is 20.8. The molecule has 1 aliphatic rings. The maximum Gasteiger partial charge on any atom is 0.240 e. The Kier molecular flexibility index (Phi) is 7.76. The average Bonchev–Trinajstić information content (AvgIpc) is 3.28.